The van der Waals surface area contributed by atoms with Crippen LogP contribution in [0.15, 0.2) is 196 Å². The molecule has 8 bridgehead atoms. The number of aryl methyl sites for hydroxylation is 4. The minimum absolute atomic E-state index is 0. The van der Waals surface area contributed by atoms with Crippen molar-refractivity contribution in [3.8, 4) is 67.3 Å². The molecule has 11 aromatic rings. The van der Waals surface area contributed by atoms with Gasteiger partial charge in [0.05, 0.1) is 0 Å². The summed E-state index contributed by atoms with van der Waals surface area (Å²) in [5, 5.41) is 0. The summed E-state index contributed by atoms with van der Waals surface area (Å²) in [4.78, 5) is 41.9. The molecule has 13 rings (SSSR count). The number of pyridine rings is 8. The van der Waals surface area contributed by atoms with E-state index < -0.39 is 31.2 Å². The summed E-state index contributed by atoms with van der Waals surface area (Å²) in [6.45, 7) is 18.2. The Kier molecular flexibility index (Phi) is 24.9. The Morgan fingerprint density at radius 1 is 0.231 bits per heavy atom. The van der Waals surface area contributed by atoms with Gasteiger partial charge in [-0.15, -0.1) is 0 Å². The summed E-state index contributed by atoms with van der Waals surface area (Å²) in [5.74, 6) is 0. The molecule has 0 unspecified atom stereocenters. The van der Waals surface area contributed by atoms with Gasteiger partial charge in [-0.3, -0.25) is 19.9 Å². The number of halogens is 24. The summed E-state index contributed by atoms with van der Waals surface area (Å²) in [6.07, 6.45) is 38.2. The third kappa shape index (κ3) is 27.3. The number of hydrogen-bond donors (Lipinski definition) is 0. The number of aromatic nitrogens is 12. The molecule has 0 amide bonds. The third-order valence-corrected chi connectivity index (χ3v) is 17.7. The molecule has 2 aliphatic rings. The Balaban J connectivity index is 0.000000505. The van der Waals surface area contributed by atoms with E-state index in [0.29, 0.717) is 0 Å². The molecule has 11 aromatic heterocycles. The first-order chi connectivity index (χ1) is 53.1. The third-order valence-electron chi connectivity index (χ3n) is 17.7. The Morgan fingerprint density at radius 2 is 0.368 bits per heavy atom. The summed E-state index contributed by atoms with van der Waals surface area (Å²) in [5.41, 5.74) is 29.2. The zero-order chi connectivity index (χ0) is 86.0. The second-order valence-corrected chi connectivity index (χ2v) is 33.7. The number of nitrogens with zero attached hydrogens (tertiary/aromatic N) is 12. The molecule has 13 heterocycles. The standard InChI is InChI=1S/C76H72N12.4F6P.Zn/c1-9-57-58(10-2)66-74(86-43-27-54(28-44-86)50-19-35-78-36-20-50)68-61(13-5)62(14-6)70(83-68)76(88-47-31-56(32-48-88)52-23-39-80-40-24-52)72-64(16-8)63(15-7)71(84-72)75(87-45-29-55(30-46-87)51-21-37-79-38-22-51)69-60(12-4)59(11-3)67(82-69)73(65(57)81-66)85-41-25-53(26-42-85)49-17-33-77-34-18-49;4*1-7(2,3,4,5)6;/h17-48H,9-16H2,1-8H3;;;;;/q+2;4*-1;+2. The van der Waals surface area contributed by atoms with E-state index in [0.717, 1.165) is 163 Å². The van der Waals surface area contributed by atoms with Gasteiger partial charge in [0.2, 0.25) is 22.7 Å². The van der Waals surface area contributed by atoms with Gasteiger partial charge >= 0.3 is 151 Å². The van der Waals surface area contributed by atoms with Crippen LogP contribution < -0.4 is 28.2 Å². The molecule has 0 aliphatic carbocycles. The number of rotatable bonds is 16. The van der Waals surface area contributed by atoms with Gasteiger partial charge in [0.25, 0.3) is 0 Å². The van der Waals surface area contributed by atoms with E-state index in [-0.39, 0.29) is 19.5 Å². The first kappa shape index (κ1) is 93.0. The van der Waals surface area contributed by atoms with Crippen LogP contribution in [0.5, 0.6) is 0 Å². The van der Waals surface area contributed by atoms with Crippen molar-refractivity contribution in [2.45, 2.75) is 107 Å². The molecule has 117 heavy (non-hydrogen) atoms. The fourth-order valence-corrected chi connectivity index (χ4v) is 13.4. The van der Waals surface area contributed by atoms with Crippen molar-refractivity contribution in [1.82, 2.24) is 39.9 Å². The van der Waals surface area contributed by atoms with E-state index in [1.807, 2.05) is 49.6 Å². The zero-order valence-corrected chi connectivity index (χ0v) is 69.6. The van der Waals surface area contributed by atoms with Crippen LogP contribution in [0.25, 0.3) is 112 Å². The molecule has 12 nitrogen and oxygen atoms in total. The van der Waals surface area contributed by atoms with E-state index >= 15 is 0 Å². The maximum atomic E-state index is 9.87. The van der Waals surface area contributed by atoms with Crippen LogP contribution in [-0.4, -0.2) is 29.9 Å². The first-order valence-corrected chi connectivity index (χ1v) is 43.4. The summed E-state index contributed by atoms with van der Waals surface area (Å²) < 4.78 is 246. The molecule has 0 aromatic carbocycles. The van der Waals surface area contributed by atoms with Crippen molar-refractivity contribution >= 4 is 75.6 Å². The topological polar surface area (TPSA) is 121 Å². The second-order valence-electron chi connectivity index (χ2n) is 26.0. The van der Waals surface area contributed by atoms with Crippen LogP contribution in [0.3, 0.4) is 0 Å². The Morgan fingerprint density at radius 3 is 0.496 bits per heavy atom. The van der Waals surface area contributed by atoms with Gasteiger partial charge in [0, 0.05) is 98.1 Å². The normalized spacial score (nSPS) is 14.8. The zero-order valence-electron chi connectivity index (χ0n) is 63.1. The molecule has 0 fully saturated rings. The average molecular weight is 1800 g/mol. The monoisotopic (exact) mass is 1800 g/mol. The predicted molar refractivity (Wildman–Crippen MR) is 405 cm³/mol. The maximum Gasteiger partial charge on any atom is 2.00 e. The van der Waals surface area contributed by atoms with Gasteiger partial charge in [0.15, 0.2) is 49.6 Å². The van der Waals surface area contributed by atoms with Crippen molar-refractivity contribution in [3.63, 3.8) is 0 Å². The molecule has 0 saturated carbocycles. The summed E-state index contributed by atoms with van der Waals surface area (Å²) in [7, 11) is -42.6. The first-order valence-electron chi connectivity index (χ1n) is 35.3. The minimum atomic E-state index is -10.7. The number of fused-ring (bicyclic) bond motifs is 8. The molecule has 41 heteroatoms. The molecule has 0 radical (unpaired) electrons. The van der Waals surface area contributed by atoms with E-state index in [4.69, 9.17) is 19.9 Å². The fraction of sp³-hybridized carbons (Fsp3) is 0.211. The van der Waals surface area contributed by atoms with E-state index in [2.05, 4.69) is 240 Å². The molecule has 0 spiro atoms. The van der Waals surface area contributed by atoms with Crippen LogP contribution >= 0.6 is 31.2 Å². The SMILES string of the molecule is CCC1=C(CC)c2nc1c(-[n+]1ccc(-c3ccncc3)cc1)c1[n-]c(c(CC)c1CC)c(-[n+]1ccc(-c3ccncc3)cc1)c1nc(c(-[n+]3ccc(-c4ccncc4)cc3)c3[n-]c(c(CC)c3CC)c2-[n+]2ccc(-c3ccncc3)cc2)C(CC)=C1CC.F[P-](F)(F)(F)(F)F.F[P-](F)(F)(F)(F)F.F[P-](F)(F)(F)(F)F.F[P-](F)(F)(F)(F)F.[Zn+2]. The Bertz CT molecular complexity index is 4980. The molecule has 0 saturated heterocycles. The fourth-order valence-electron chi connectivity index (χ4n) is 13.4. The van der Waals surface area contributed by atoms with Crippen LogP contribution in [0, 0.1) is 0 Å². The van der Waals surface area contributed by atoms with E-state index in [9.17, 15) is 101 Å². The second kappa shape index (κ2) is 31.3. The van der Waals surface area contributed by atoms with Gasteiger partial charge in [-0.25, -0.2) is 9.97 Å². The van der Waals surface area contributed by atoms with Gasteiger partial charge in [-0.05, 0) is 167 Å². The van der Waals surface area contributed by atoms with Crippen molar-refractivity contribution in [2.24, 2.45) is 0 Å². The van der Waals surface area contributed by atoms with Crippen LogP contribution in [-0.2, 0) is 45.2 Å². The minimum Gasteiger partial charge on any atom is 2.00 e. The van der Waals surface area contributed by atoms with Gasteiger partial charge < -0.3 is 9.97 Å². The van der Waals surface area contributed by atoms with Crippen LogP contribution in [0.4, 0.5) is 101 Å². The maximum absolute atomic E-state index is 10.7. The predicted octanol–water partition coefficient (Wildman–Crippen LogP) is 28.2. The van der Waals surface area contributed by atoms with Crippen molar-refractivity contribution in [3.05, 3.63) is 241 Å². The number of allylic oxidation sites excluding steroid dienone is 4. The van der Waals surface area contributed by atoms with Crippen LogP contribution in [0.2, 0.25) is 0 Å². The largest absolute Gasteiger partial charge is 2.00 e. The Hall–Kier alpha value is -9.54. The molecular formula is C76H72F24N12P4Zn. The van der Waals surface area contributed by atoms with Gasteiger partial charge in [-0.1, -0.05) is 99.7 Å². The average Bonchev–Trinajstić information content (AvgIpc) is 1.56. The smallest absolute Gasteiger partial charge is 2.00 e. The van der Waals surface area contributed by atoms with Crippen molar-refractivity contribution in [2.75, 3.05) is 0 Å². The van der Waals surface area contributed by atoms with Gasteiger partial charge in [0.1, 0.15) is 22.8 Å². The quantitative estimate of drug-likeness (QED) is 0.0406. The van der Waals surface area contributed by atoms with Crippen LogP contribution in [0.1, 0.15) is 126 Å². The van der Waals surface area contributed by atoms with E-state index in [1.54, 1.807) is 0 Å². The van der Waals surface area contributed by atoms with Gasteiger partial charge in [-0.2, -0.15) is 18.3 Å². The van der Waals surface area contributed by atoms with Crippen molar-refractivity contribution < 1.29 is 138 Å². The number of hydrogen-bond acceptors (Lipinski definition) is 6. The molecule has 0 atom stereocenters. The molecule has 0 N–H and O–H groups in total. The molecule has 626 valence electrons. The van der Waals surface area contributed by atoms with Crippen molar-refractivity contribution in [1.29, 1.82) is 0 Å². The Labute approximate surface area is 666 Å². The summed E-state index contributed by atoms with van der Waals surface area (Å²) >= 11 is 0. The summed E-state index contributed by atoms with van der Waals surface area (Å²) in [6, 6.07) is 34.1. The molecule has 2 aliphatic heterocycles. The molecular weight excluding hydrogens is 1730 g/mol. The van der Waals surface area contributed by atoms with E-state index in [1.165, 1.54) is 44.5 Å².